The fraction of sp³-hybridized carbons (Fsp3) is 0.455. The Morgan fingerprint density at radius 3 is 3.12 bits per heavy atom. The van der Waals surface area contributed by atoms with Crippen molar-refractivity contribution in [2.24, 2.45) is 0 Å². The zero-order valence-electron chi connectivity index (χ0n) is 9.59. The van der Waals surface area contributed by atoms with Crippen LogP contribution in [0.15, 0.2) is 12.3 Å². The number of nitrogen functional groups attached to an aromatic ring is 1. The van der Waals surface area contributed by atoms with Gasteiger partial charge in [-0.1, -0.05) is 0 Å². The summed E-state index contributed by atoms with van der Waals surface area (Å²) in [5.41, 5.74) is 6.14. The highest BCUT2D eigenvalue weighted by Crippen LogP contribution is 2.26. The van der Waals surface area contributed by atoms with Gasteiger partial charge in [0.05, 0.1) is 11.9 Å². The van der Waals surface area contributed by atoms with E-state index in [1.807, 2.05) is 16.7 Å². The van der Waals surface area contributed by atoms with Crippen molar-refractivity contribution >= 4 is 29.2 Å². The van der Waals surface area contributed by atoms with Crippen molar-refractivity contribution in [1.29, 1.82) is 0 Å². The number of nitrogens with zero attached hydrogens (tertiary/aromatic N) is 2. The minimum atomic E-state index is -0.981. The molecule has 0 aliphatic carbocycles. The van der Waals surface area contributed by atoms with Crippen molar-refractivity contribution in [3.8, 4) is 0 Å². The molecule has 1 aromatic rings. The van der Waals surface area contributed by atoms with E-state index in [2.05, 4.69) is 11.9 Å². The molecule has 0 aromatic carbocycles. The summed E-state index contributed by atoms with van der Waals surface area (Å²) in [5.74, 6) is 1.53. The van der Waals surface area contributed by atoms with Gasteiger partial charge in [-0.3, -0.25) is 0 Å². The molecule has 1 atom stereocenters. The van der Waals surface area contributed by atoms with Gasteiger partial charge < -0.3 is 15.7 Å². The topological polar surface area (TPSA) is 79.5 Å². The Kier molecular flexibility index (Phi) is 3.42. The summed E-state index contributed by atoms with van der Waals surface area (Å²) in [4.78, 5) is 17.4. The molecule has 5 nitrogen and oxygen atoms in total. The Bertz CT molecular complexity index is 439. The van der Waals surface area contributed by atoms with Crippen molar-refractivity contribution in [3.63, 3.8) is 0 Å². The predicted molar refractivity (Wildman–Crippen MR) is 69.7 cm³/mol. The van der Waals surface area contributed by atoms with E-state index in [9.17, 15) is 9.90 Å². The smallest absolute Gasteiger partial charge is 0.339 e. The number of carboxylic acid groups (broad SMARTS) is 1. The molecule has 2 rings (SSSR count). The van der Waals surface area contributed by atoms with Crippen LogP contribution in [0.2, 0.25) is 0 Å². The molecule has 0 amide bonds. The van der Waals surface area contributed by atoms with Crippen LogP contribution < -0.4 is 10.6 Å². The summed E-state index contributed by atoms with van der Waals surface area (Å²) >= 11 is 1.88. The molecule has 0 spiro atoms. The number of aromatic carboxylic acids is 1. The number of hydrogen-bond donors (Lipinski definition) is 2. The zero-order valence-corrected chi connectivity index (χ0v) is 10.4. The van der Waals surface area contributed by atoms with E-state index in [0.717, 1.165) is 18.1 Å². The Balaban J connectivity index is 2.39. The maximum absolute atomic E-state index is 11.2. The van der Waals surface area contributed by atoms with Crippen molar-refractivity contribution in [3.05, 3.63) is 17.8 Å². The molecule has 92 valence electrons. The number of thioether (sulfide) groups is 1. The zero-order chi connectivity index (χ0) is 12.4. The van der Waals surface area contributed by atoms with Crippen LogP contribution in [0.1, 0.15) is 17.3 Å². The molecular weight excluding hydrogens is 238 g/mol. The van der Waals surface area contributed by atoms with E-state index in [1.54, 1.807) is 0 Å². The minimum Gasteiger partial charge on any atom is -0.478 e. The third-order valence-electron chi connectivity index (χ3n) is 2.76. The lowest BCUT2D eigenvalue weighted by molar-refractivity contribution is 0.0697. The van der Waals surface area contributed by atoms with E-state index in [4.69, 9.17) is 5.73 Å². The lowest BCUT2D eigenvalue weighted by Crippen LogP contribution is -2.41. The standard InChI is InChI=1S/C11H15N3O2S/c1-7-6-17-3-2-14(7)10-9(11(15)16)4-8(12)5-13-10/h4-5,7H,2-3,6,12H2,1H3,(H,15,16). The van der Waals surface area contributed by atoms with E-state index in [1.165, 1.54) is 12.3 Å². The summed E-state index contributed by atoms with van der Waals surface area (Å²) in [5, 5.41) is 9.18. The van der Waals surface area contributed by atoms with Crippen molar-refractivity contribution in [2.75, 3.05) is 28.7 Å². The van der Waals surface area contributed by atoms with Gasteiger partial charge in [-0.15, -0.1) is 0 Å². The second-order valence-corrected chi connectivity index (χ2v) is 5.21. The summed E-state index contributed by atoms with van der Waals surface area (Å²) in [6.07, 6.45) is 1.51. The van der Waals surface area contributed by atoms with Crippen LogP contribution in [0.25, 0.3) is 0 Å². The number of aromatic nitrogens is 1. The summed E-state index contributed by atoms with van der Waals surface area (Å²) < 4.78 is 0. The monoisotopic (exact) mass is 253 g/mol. The van der Waals surface area contributed by atoms with Gasteiger partial charge in [0.2, 0.25) is 0 Å². The Morgan fingerprint density at radius 1 is 1.71 bits per heavy atom. The SMILES string of the molecule is CC1CSCCN1c1ncc(N)cc1C(=O)O. The van der Waals surface area contributed by atoms with Gasteiger partial charge in [0, 0.05) is 24.1 Å². The molecule has 17 heavy (non-hydrogen) atoms. The van der Waals surface area contributed by atoms with Crippen LogP contribution in [0.5, 0.6) is 0 Å². The molecule has 1 fully saturated rings. The molecule has 2 heterocycles. The molecule has 1 aromatic heterocycles. The summed E-state index contributed by atoms with van der Waals surface area (Å²) in [7, 11) is 0. The maximum atomic E-state index is 11.2. The van der Waals surface area contributed by atoms with E-state index in [0.29, 0.717) is 17.5 Å². The van der Waals surface area contributed by atoms with Gasteiger partial charge in [-0.05, 0) is 13.0 Å². The number of pyridine rings is 1. The number of rotatable bonds is 2. The first-order valence-corrected chi connectivity index (χ1v) is 6.58. The summed E-state index contributed by atoms with van der Waals surface area (Å²) in [6, 6.07) is 1.77. The lowest BCUT2D eigenvalue weighted by Gasteiger charge is -2.34. The largest absolute Gasteiger partial charge is 0.478 e. The second kappa shape index (κ2) is 4.83. The quantitative estimate of drug-likeness (QED) is 0.827. The number of hydrogen-bond acceptors (Lipinski definition) is 5. The third-order valence-corrected chi connectivity index (χ3v) is 3.95. The van der Waals surface area contributed by atoms with E-state index >= 15 is 0 Å². The molecule has 1 saturated heterocycles. The first-order chi connectivity index (χ1) is 8.09. The Morgan fingerprint density at radius 2 is 2.47 bits per heavy atom. The third kappa shape index (κ3) is 2.46. The van der Waals surface area contributed by atoms with Gasteiger partial charge in [0.1, 0.15) is 11.4 Å². The van der Waals surface area contributed by atoms with Crippen LogP contribution in [0.3, 0.4) is 0 Å². The molecular formula is C11H15N3O2S. The van der Waals surface area contributed by atoms with Crippen molar-refractivity contribution < 1.29 is 9.90 Å². The predicted octanol–water partition coefficient (Wildman–Crippen LogP) is 1.30. The highest BCUT2D eigenvalue weighted by Gasteiger charge is 2.24. The number of carbonyl (C=O) groups is 1. The first-order valence-electron chi connectivity index (χ1n) is 5.43. The number of nitrogens with two attached hydrogens (primary N) is 1. The fourth-order valence-electron chi connectivity index (χ4n) is 1.90. The highest BCUT2D eigenvalue weighted by atomic mass is 32.2. The molecule has 0 saturated carbocycles. The van der Waals surface area contributed by atoms with Crippen LogP contribution in [-0.4, -0.2) is 40.2 Å². The first kappa shape index (κ1) is 12.0. The van der Waals surface area contributed by atoms with E-state index in [-0.39, 0.29) is 5.56 Å². The molecule has 0 radical (unpaired) electrons. The van der Waals surface area contributed by atoms with Crippen LogP contribution in [-0.2, 0) is 0 Å². The number of carboxylic acids is 1. The van der Waals surface area contributed by atoms with E-state index < -0.39 is 5.97 Å². The normalized spacial score (nSPS) is 20.3. The molecule has 6 heteroatoms. The van der Waals surface area contributed by atoms with Crippen LogP contribution >= 0.6 is 11.8 Å². The molecule has 1 aliphatic rings. The van der Waals surface area contributed by atoms with Crippen molar-refractivity contribution in [2.45, 2.75) is 13.0 Å². The van der Waals surface area contributed by atoms with Crippen LogP contribution in [0, 0.1) is 0 Å². The average molecular weight is 253 g/mol. The van der Waals surface area contributed by atoms with Gasteiger partial charge in [0.15, 0.2) is 0 Å². The Hall–Kier alpha value is -1.43. The molecule has 1 unspecified atom stereocenters. The maximum Gasteiger partial charge on any atom is 0.339 e. The summed E-state index contributed by atoms with van der Waals surface area (Å²) in [6.45, 7) is 2.90. The van der Waals surface area contributed by atoms with Gasteiger partial charge >= 0.3 is 5.97 Å². The second-order valence-electron chi connectivity index (χ2n) is 4.06. The minimum absolute atomic E-state index is 0.184. The van der Waals surface area contributed by atoms with Gasteiger partial charge in [0.25, 0.3) is 0 Å². The lowest BCUT2D eigenvalue weighted by atomic mass is 10.2. The molecule has 0 bridgehead atoms. The fourth-order valence-corrected chi connectivity index (χ4v) is 2.92. The molecule has 1 aliphatic heterocycles. The van der Waals surface area contributed by atoms with Gasteiger partial charge in [-0.2, -0.15) is 11.8 Å². The average Bonchev–Trinajstić information content (AvgIpc) is 2.30. The number of anilines is 2. The van der Waals surface area contributed by atoms with Gasteiger partial charge in [-0.25, -0.2) is 9.78 Å². The molecule has 3 N–H and O–H groups in total. The van der Waals surface area contributed by atoms with Crippen LogP contribution in [0.4, 0.5) is 11.5 Å². The highest BCUT2D eigenvalue weighted by molar-refractivity contribution is 7.99. The Labute approximate surface area is 104 Å². The van der Waals surface area contributed by atoms with Crippen molar-refractivity contribution in [1.82, 2.24) is 4.98 Å².